The first-order valence-corrected chi connectivity index (χ1v) is 9.92. The Bertz CT molecular complexity index is 1070. The number of amides is 2. The number of nitrogens with one attached hydrogen (secondary N) is 1. The Kier molecular flexibility index (Phi) is 3.86. The van der Waals surface area contributed by atoms with E-state index < -0.39 is 11.7 Å². The maximum atomic E-state index is 13.1. The van der Waals surface area contributed by atoms with E-state index >= 15 is 0 Å². The Morgan fingerprint density at radius 2 is 1.50 bits per heavy atom. The van der Waals surface area contributed by atoms with Gasteiger partial charge in [-0.3, -0.25) is 23.9 Å². The molecule has 7 nitrogen and oxygen atoms in total. The highest BCUT2D eigenvalue weighted by Gasteiger charge is 2.44. The minimum atomic E-state index is -0.594. The second kappa shape index (κ2) is 6.29. The van der Waals surface area contributed by atoms with Crippen molar-refractivity contribution in [3.63, 3.8) is 0 Å². The second-order valence-corrected chi connectivity index (χ2v) is 7.87. The van der Waals surface area contributed by atoms with Crippen LogP contribution in [0, 0.1) is 0 Å². The van der Waals surface area contributed by atoms with E-state index in [4.69, 9.17) is 0 Å². The molecule has 1 aliphatic heterocycles. The van der Waals surface area contributed by atoms with Crippen molar-refractivity contribution in [2.24, 2.45) is 0 Å². The Morgan fingerprint density at radius 1 is 0.857 bits per heavy atom. The van der Waals surface area contributed by atoms with Crippen LogP contribution in [0.1, 0.15) is 82.6 Å². The van der Waals surface area contributed by atoms with Crippen molar-refractivity contribution in [1.29, 1.82) is 0 Å². The first kappa shape index (κ1) is 17.2. The Hall–Kier alpha value is -2.96. The molecule has 5 rings (SSSR count). The van der Waals surface area contributed by atoms with Crippen molar-refractivity contribution < 1.29 is 9.59 Å². The zero-order valence-corrected chi connectivity index (χ0v) is 15.4. The number of H-pyrrole nitrogens is 1. The van der Waals surface area contributed by atoms with Crippen LogP contribution < -0.4 is 11.2 Å². The molecule has 1 atom stereocenters. The molecule has 1 saturated carbocycles. The highest BCUT2D eigenvalue weighted by Crippen LogP contribution is 2.38. The van der Waals surface area contributed by atoms with E-state index in [-0.39, 0.29) is 23.4 Å². The van der Waals surface area contributed by atoms with Crippen LogP contribution in [-0.2, 0) is 6.42 Å². The van der Waals surface area contributed by atoms with Crippen LogP contribution in [0.5, 0.6) is 0 Å². The molecule has 2 amide bonds. The molecule has 28 heavy (non-hydrogen) atoms. The van der Waals surface area contributed by atoms with Gasteiger partial charge in [0, 0.05) is 11.6 Å². The van der Waals surface area contributed by atoms with Gasteiger partial charge in [-0.15, -0.1) is 0 Å². The summed E-state index contributed by atoms with van der Waals surface area (Å²) in [5.41, 5.74) is 1.02. The minimum absolute atomic E-state index is 0.0614. The number of imide groups is 1. The van der Waals surface area contributed by atoms with Gasteiger partial charge in [-0.05, 0) is 37.8 Å². The molecule has 2 aliphatic carbocycles. The van der Waals surface area contributed by atoms with Crippen molar-refractivity contribution in [2.45, 2.75) is 57.0 Å². The highest BCUT2D eigenvalue weighted by atomic mass is 16.2. The van der Waals surface area contributed by atoms with E-state index in [0.29, 0.717) is 35.2 Å². The van der Waals surface area contributed by atoms with Gasteiger partial charge in [-0.2, -0.15) is 0 Å². The van der Waals surface area contributed by atoms with Gasteiger partial charge in [-0.25, -0.2) is 4.79 Å². The lowest BCUT2D eigenvalue weighted by Gasteiger charge is -2.25. The van der Waals surface area contributed by atoms with E-state index in [1.165, 1.54) is 9.47 Å². The van der Waals surface area contributed by atoms with Crippen LogP contribution in [0.3, 0.4) is 0 Å². The van der Waals surface area contributed by atoms with Gasteiger partial charge < -0.3 is 4.98 Å². The number of hydrogen-bond acceptors (Lipinski definition) is 4. The predicted molar refractivity (Wildman–Crippen MR) is 101 cm³/mol. The van der Waals surface area contributed by atoms with Crippen LogP contribution in [0.4, 0.5) is 0 Å². The molecule has 0 saturated heterocycles. The molecule has 1 aromatic carbocycles. The van der Waals surface area contributed by atoms with Gasteiger partial charge in [0.1, 0.15) is 0 Å². The quantitative estimate of drug-likeness (QED) is 0.811. The number of benzene rings is 1. The molecule has 7 heteroatoms. The number of nitrogens with zero attached hydrogens (tertiary/aromatic N) is 2. The summed E-state index contributed by atoms with van der Waals surface area (Å²) >= 11 is 0. The average molecular weight is 379 g/mol. The van der Waals surface area contributed by atoms with Crippen LogP contribution in [-0.4, -0.2) is 26.3 Å². The molecule has 0 bridgehead atoms. The standard InChI is InChI=1S/C21H21N3O4/c25-18-13-8-4-5-9-14(13)19(26)24(18)16-11-10-15-17(16)22-21(28)23(20(15)27)12-6-2-1-3-7-12/h4-5,8-9,12,16H,1-3,6-7,10-11H2,(H,22,28). The maximum Gasteiger partial charge on any atom is 0.328 e. The van der Waals surface area contributed by atoms with Crippen LogP contribution >= 0.6 is 0 Å². The van der Waals surface area contributed by atoms with Crippen LogP contribution in [0.25, 0.3) is 0 Å². The Labute approximate surface area is 161 Å². The summed E-state index contributed by atoms with van der Waals surface area (Å²) < 4.78 is 1.36. The normalized spacial score (nSPS) is 21.9. The number of fused-ring (bicyclic) bond motifs is 2. The lowest BCUT2D eigenvalue weighted by Crippen LogP contribution is -2.42. The van der Waals surface area contributed by atoms with Gasteiger partial charge >= 0.3 is 5.69 Å². The van der Waals surface area contributed by atoms with E-state index in [1.54, 1.807) is 24.3 Å². The van der Waals surface area contributed by atoms with Crippen molar-refractivity contribution in [2.75, 3.05) is 0 Å². The van der Waals surface area contributed by atoms with Crippen molar-refractivity contribution in [3.8, 4) is 0 Å². The molecule has 2 heterocycles. The summed E-state index contributed by atoms with van der Waals surface area (Å²) in [5, 5.41) is 0. The first-order valence-electron chi connectivity index (χ1n) is 9.92. The van der Waals surface area contributed by atoms with Gasteiger partial charge in [-0.1, -0.05) is 31.4 Å². The summed E-state index contributed by atoms with van der Waals surface area (Å²) in [6, 6.07) is 6.06. The van der Waals surface area contributed by atoms with E-state index in [0.717, 1.165) is 32.1 Å². The SMILES string of the molecule is O=C1c2ccccc2C(=O)N1C1CCc2c1[nH]c(=O)n(C1CCCCC1)c2=O. The van der Waals surface area contributed by atoms with Crippen molar-refractivity contribution in [3.05, 3.63) is 67.5 Å². The first-order chi connectivity index (χ1) is 13.6. The smallest absolute Gasteiger partial charge is 0.309 e. The Balaban J connectivity index is 1.56. The molecular weight excluding hydrogens is 358 g/mol. The fraction of sp³-hybridized carbons (Fsp3) is 0.429. The molecule has 144 valence electrons. The molecule has 0 spiro atoms. The van der Waals surface area contributed by atoms with Crippen molar-refractivity contribution in [1.82, 2.24) is 14.5 Å². The summed E-state index contributed by atoms with van der Waals surface area (Å²) in [6.45, 7) is 0. The molecule has 1 aromatic heterocycles. The molecule has 1 unspecified atom stereocenters. The van der Waals surface area contributed by atoms with E-state index in [2.05, 4.69) is 4.98 Å². The second-order valence-electron chi connectivity index (χ2n) is 7.87. The molecular formula is C21H21N3O4. The zero-order chi connectivity index (χ0) is 19.4. The third-order valence-corrected chi connectivity index (χ3v) is 6.34. The van der Waals surface area contributed by atoms with Crippen molar-refractivity contribution >= 4 is 11.8 Å². The average Bonchev–Trinajstić information content (AvgIpc) is 3.22. The van der Waals surface area contributed by atoms with Crippen LogP contribution in [0.2, 0.25) is 0 Å². The predicted octanol–water partition coefficient (Wildman–Crippen LogP) is 2.33. The molecule has 2 aromatic rings. The molecule has 1 fully saturated rings. The topological polar surface area (TPSA) is 92.2 Å². The summed E-state index contributed by atoms with van der Waals surface area (Å²) in [4.78, 5) is 55.5. The van der Waals surface area contributed by atoms with Crippen LogP contribution in [0.15, 0.2) is 33.9 Å². The maximum absolute atomic E-state index is 13.1. The molecule has 0 radical (unpaired) electrons. The van der Waals surface area contributed by atoms with E-state index in [9.17, 15) is 19.2 Å². The number of carbonyl (C=O) groups excluding carboxylic acids is 2. The molecule has 1 N–H and O–H groups in total. The van der Waals surface area contributed by atoms with Gasteiger partial charge in [0.15, 0.2) is 0 Å². The summed E-state index contributed by atoms with van der Waals surface area (Å²) in [6.07, 6.45) is 5.76. The monoisotopic (exact) mass is 379 g/mol. The van der Waals surface area contributed by atoms with Gasteiger partial charge in [0.2, 0.25) is 0 Å². The third kappa shape index (κ3) is 2.35. The van der Waals surface area contributed by atoms with Gasteiger partial charge in [0.25, 0.3) is 17.4 Å². The number of aromatic amines is 1. The third-order valence-electron chi connectivity index (χ3n) is 6.34. The number of rotatable bonds is 2. The number of hydrogen-bond donors (Lipinski definition) is 1. The lowest BCUT2D eigenvalue weighted by atomic mass is 9.95. The largest absolute Gasteiger partial charge is 0.328 e. The zero-order valence-electron chi connectivity index (χ0n) is 15.4. The highest BCUT2D eigenvalue weighted by molar-refractivity contribution is 6.21. The molecule has 3 aliphatic rings. The Morgan fingerprint density at radius 3 is 2.14 bits per heavy atom. The number of aromatic nitrogens is 2. The lowest BCUT2D eigenvalue weighted by molar-refractivity contribution is 0.0579. The van der Waals surface area contributed by atoms with Gasteiger partial charge in [0.05, 0.1) is 22.9 Å². The fourth-order valence-corrected chi connectivity index (χ4v) is 4.98. The summed E-state index contributed by atoms with van der Waals surface area (Å²) in [5.74, 6) is -0.730. The van der Waals surface area contributed by atoms with E-state index in [1.807, 2.05) is 0 Å². The number of carbonyl (C=O) groups is 2. The summed E-state index contributed by atoms with van der Waals surface area (Å²) in [7, 11) is 0. The minimum Gasteiger partial charge on any atom is -0.309 e. The fourth-order valence-electron chi connectivity index (χ4n) is 4.98.